The summed E-state index contributed by atoms with van der Waals surface area (Å²) in [7, 11) is 0. The second kappa shape index (κ2) is 6.28. The molecule has 1 aromatic heterocycles. The Balaban J connectivity index is 1.82. The predicted molar refractivity (Wildman–Crippen MR) is 82.3 cm³/mol. The third-order valence-electron chi connectivity index (χ3n) is 2.92. The van der Waals surface area contributed by atoms with Gasteiger partial charge in [-0.3, -0.25) is 4.57 Å². The molecule has 3 rings (SSSR count). The molecule has 106 valence electrons. The molecule has 0 aliphatic carbocycles. The van der Waals surface area contributed by atoms with E-state index >= 15 is 0 Å². The minimum Gasteiger partial charge on any atom is -0.277 e. The van der Waals surface area contributed by atoms with Crippen LogP contribution in [0.3, 0.4) is 0 Å². The Bertz CT molecular complexity index is 760. The molecule has 0 saturated heterocycles. The highest BCUT2D eigenvalue weighted by atomic mass is 35.5. The van der Waals surface area contributed by atoms with Crippen molar-refractivity contribution in [2.24, 2.45) is 0 Å². The highest BCUT2D eigenvalue weighted by Gasteiger charge is 2.09. The van der Waals surface area contributed by atoms with Crippen molar-refractivity contribution in [3.63, 3.8) is 0 Å². The summed E-state index contributed by atoms with van der Waals surface area (Å²) >= 11 is 7.43. The first kappa shape index (κ1) is 14.1. The van der Waals surface area contributed by atoms with E-state index in [-0.39, 0.29) is 5.82 Å². The summed E-state index contributed by atoms with van der Waals surface area (Å²) in [4.78, 5) is 0. The number of hydrogen-bond donors (Lipinski definition) is 0. The molecular formula is C15H11ClFN3S. The summed E-state index contributed by atoms with van der Waals surface area (Å²) < 4.78 is 15.5. The van der Waals surface area contributed by atoms with Gasteiger partial charge in [-0.15, -0.1) is 10.2 Å². The molecular weight excluding hydrogens is 309 g/mol. The van der Waals surface area contributed by atoms with Gasteiger partial charge in [0.1, 0.15) is 12.1 Å². The van der Waals surface area contributed by atoms with Gasteiger partial charge in [0, 0.05) is 10.8 Å². The fourth-order valence-corrected chi connectivity index (χ4v) is 2.98. The van der Waals surface area contributed by atoms with E-state index in [9.17, 15) is 4.39 Å². The first-order chi connectivity index (χ1) is 10.2. The van der Waals surface area contributed by atoms with Crippen molar-refractivity contribution in [1.29, 1.82) is 0 Å². The van der Waals surface area contributed by atoms with Crippen LogP contribution in [0.5, 0.6) is 0 Å². The second-order valence-electron chi connectivity index (χ2n) is 4.34. The van der Waals surface area contributed by atoms with E-state index in [2.05, 4.69) is 10.2 Å². The smallest absolute Gasteiger partial charge is 0.195 e. The zero-order valence-electron chi connectivity index (χ0n) is 10.9. The van der Waals surface area contributed by atoms with Crippen molar-refractivity contribution < 1.29 is 4.39 Å². The zero-order chi connectivity index (χ0) is 14.7. The standard InChI is InChI=1S/C15H11ClFN3S/c16-12-5-3-6-13(8-12)20-10-18-19-15(20)21-9-11-4-1-2-7-14(11)17/h1-8,10H,9H2. The number of hydrogen-bond acceptors (Lipinski definition) is 3. The Labute approximate surface area is 130 Å². The van der Waals surface area contributed by atoms with Crippen LogP contribution in [0.25, 0.3) is 5.69 Å². The molecule has 0 fully saturated rings. The zero-order valence-corrected chi connectivity index (χ0v) is 12.5. The number of halogens is 2. The summed E-state index contributed by atoms with van der Waals surface area (Å²) in [5.74, 6) is 0.283. The quantitative estimate of drug-likeness (QED) is 0.670. The first-order valence-electron chi connectivity index (χ1n) is 6.26. The van der Waals surface area contributed by atoms with Crippen LogP contribution in [-0.4, -0.2) is 14.8 Å². The Hall–Kier alpha value is -1.85. The molecule has 0 unspecified atom stereocenters. The summed E-state index contributed by atoms with van der Waals surface area (Å²) in [6, 6.07) is 14.1. The molecule has 2 aromatic carbocycles. The third-order valence-corrected chi connectivity index (χ3v) is 4.14. The maximum absolute atomic E-state index is 13.6. The average Bonchev–Trinajstić information content (AvgIpc) is 2.95. The lowest BCUT2D eigenvalue weighted by Crippen LogP contribution is -1.96. The SMILES string of the molecule is Fc1ccccc1CSc1nncn1-c1cccc(Cl)c1. The number of rotatable bonds is 4. The molecule has 0 spiro atoms. The van der Waals surface area contributed by atoms with Gasteiger partial charge in [0.05, 0.1) is 5.69 Å². The lowest BCUT2D eigenvalue weighted by Gasteiger charge is -2.07. The van der Waals surface area contributed by atoms with Crippen molar-refractivity contribution in [3.8, 4) is 5.69 Å². The summed E-state index contributed by atoms with van der Waals surface area (Å²) in [6.45, 7) is 0. The lowest BCUT2D eigenvalue weighted by atomic mass is 10.2. The van der Waals surface area contributed by atoms with Gasteiger partial charge in [-0.25, -0.2) is 4.39 Å². The number of nitrogens with zero attached hydrogens (tertiary/aromatic N) is 3. The fraction of sp³-hybridized carbons (Fsp3) is 0.0667. The second-order valence-corrected chi connectivity index (χ2v) is 5.72. The topological polar surface area (TPSA) is 30.7 Å². The van der Waals surface area contributed by atoms with Gasteiger partial charge in [-0.05, 0) is 29.8 Å². The van der Waals surface area contributed by atoms with E-state index in [1.165, 1.54) is 17.8 Å². The molecule has 1 heterocycles. The lowest BCUT2D eigenvalue weighted by molar-refractivity contribution is 0.617. The van der Waals surface area contributed by atoms with Gasteiger partial charge in [-0.2, -0.15) is 0 Å². The van der Waals surface area contributed by atoms with E-state index in [4.69, 9.17) is 11.6 Å². The van der Waals surface area contributed by atoms with Crippen LogP contribution in [0.15, 0.2) is 60.0 Å². The van der Waals surface area contributed by atoms with E-state index in [1.54, 1.807) is 18.5 Å². The molecule has 0 aliphatic heterocycles. The van der Waals surface area contributed by atoms with Crippen molar-refractivity contribution in [2.75, 3.05) is 0 Å². The van der Waals surface area contributed by atoms with E-state index < -0.39 is 0 Å². The van der Waals surface area contributed by atoms with Crippen molar-refractivity contribution in [1.82, 2.24) is 14.8 Å². The highest BCUT2D eigenvalue weighted by molar-refractivity contribution is 7.98. The summed E-state index contributed by atoms with van der Waals surface area (Å²) in [5.41, 5.74) is 1.52. The van der Waals surface area contributed by atoms with Crippen LogP contribution in [0.1, 0.15) is 5.56 Å². The Morgan fingerprint density at radius 2 is 2.00 bits per heavy atom. The number of aromatic nitrogens is 3. The minimum absolute atomic E-state index is 0.209. The Morgan fingerprint density at radius 3 is 2.81 bits per heavy atom. The predicted octanol–water partition coefficient (Wildman–Crippen LogP) is 4.35. The maximum atomic E-state index is 13.6. The number of thioether (sulfide) groups is 1. The molecule has 21 heavy (non-hydrogen) atoms. The van der Waals surface area contributed by atoms with Gasteiger partial charge >= 0.3 is 0 Å². The fourth-order valence-electron chi connectivity index (χ4n) is 1.88. The summed E-state index contributed by atoms with van der Waals surface area (Å²) in [5, 5.41) is 9.34. The van der Waals surface area contributed by atoms with Crippen molar-refractivity contribution >= 4 is 23.4 Å². The van der Waals surface area contributed by atoms with E-state index in [0.717, 1.165) is 5.69 Å². The minimum atomic E-state index is -0.209. The largest absolute Gasteiger partial charge is 0.277 e. The van der Waals surface area contributed by atoms with Crippen LogP contribution in [-0.2, 0) is 5.75 Å². The molecule has 6 heteroatoms. The molecule has 0 radical (unpaired) electrons. The molecule has 0 N–H and O–H groups in total. The van der Waals surface area contributed by atoms with Gasteiger partial charge in [-0.1, -0.05) is 47.6 Å². The Morgan fingerprint density at radius 1 is 1.14 bits per heavy atom. The van der Waals surface area contributed by atoms with Gasteiger partial charge in [0.2, 0.25) is 0 Å². The van der Waals surface area contributed by atoms with Gasteiger partial charge in [0.15, 0.2) is 5.16 Å². The van der Waals surface area contributed by atoms with Gasteiger partial charge in [0.25, 0.3) is 0 Å². The normalized spacial score (nSPS) is 10.8. The number of benzene rings is 2. The van der Waals surface area contributed by atoms with Crippen molar-refractivity contribution in [3.05, 3.63) is 71.3 Å². The molecule has 3 aromatic rings. The third kappa shape index (κ3) is 3.25. The summed E-state index contributed by atoms with van der Waals surface area (Å²) in [6.07, 6.45) is 1.62. The highest BCUT2D eigenvalue weighted by Crippen LogP contribution is 2.25. The molecule has 0 atom stereocenters. The first-order valence-corrected chi connectivity index (χ1v) is 7.62. The molecule has 0 bridgehead atoms. The molecule has 0 saturated carbocycles. The Kier molecular flexibility index (Phi) is 4.22. The average molecular weight is 320 g/mol. The molecule has 0 aliphatic rings. The van der Waals surface area contributed by atoms with Crippen molar-refractivity contribution in [2.45, 2.75) is 10.9 Å². The van der Waals surface area contributed by atoms with Crippen LogP contribution in [0, 0.1) is 5.82 Å². The van der Waals surface area contributed by atoms with Crippen LogP contribution in [0.2, 0.25) is 5.02 Å². The van der Waals surface area contributed by atoms with E-state index in [1.807, 2.05) is 34.9 Å². The van der Waals surface area contributed by atoms with E-state index in [0.29, 0.717) is 21.5 Å². The van der Waals surface area contributed by atoms with Crippen LogP contribution in [0.4, 0.5) is 4.39 Å². The molecule has 0 amide bonds. The monoisotopic (exact) mass is 319 g/mol. The van der Waals surface area contributed by atoms with Crippen LogP contribution >= 0.6 is 23.4 Å². The molecule has 3 nitrogen and oxygen atoms in total. The maximum Gasteiger partial charge on any atom is 0.195 e. The van der Waals surface area contributed by atoms with Gasteiger partial charge < -0.3 is 0 Å². The van der Waals surface area contributed by atoms with Crippen LogP contribution < -0.4 is 0 Å².